The molecule has 0 bridgehead atoms. The van der Waals surface area contributed by atoms with Gasteiger partial charge in [0.05, 0.1) is 23.2 Å². The highest BCUT2D eigenvalue weighted by atomic mass is 32.2. The average Bonchev–Trinajstić information content (AvgIpc) is 3.91. The van der Waals surface area contributed by atoms with Crippen molar-refractivity contribution < 1.29 is 22.8 Å². The van der Waals surface area contributed by atoms with E-state index < -0.39 is 34.3 Å². The standard InChI is InChI=1S/C32H40N8O5S/c1-38(27-9-4-14-34-19-27)31(42)21-40(26-11-12-26)32(43)29(17-30(41)35-18-23-6-5-15-39(20-23)22-36-33)37-46(44,45)28-13-10-24-7-2-3-8-25(24)16-28/h2-4,7-10,13-14,16,19,22-23,26,29,37H,5-6,11-12,15,17-18,20-21,33H2,1H3,(H,35,41)/t23-,29-/m0/s1. The van der Waals surface area contributed by atoms with Crippen molar-refractivity contribution in [2.75, 3.05) is 38.1 Å². The van der Waals surface area contributed by atoms with Crippen LogP contribution in [0.5, 0.6) is 0 Å². The van der Waals surface area contributed by atoms with Crippen LogP contribution in [0.2, 0.25) is 0 Å². The molecule has 5 rings (SSSR count). The number of hydrogen-bond donors (Lipinski definition) is 3. The average molecular weight is 649 g/mol. The number of carbonyl (C=O) groups excluding carboxylic acids is 3. The Balaban J connectivity index is 1.34. The van der Waals surface area contributed by atoms with Crippen molar-refractivity contribution in [3.8, 4) is 0 Å². The Kier molecular flexibility index (Phi) is 10.5. The summed E-state index contributed by atoms with van der Waals surface area (Å²) in [5, 5.41) is 8.05. The summed E-state index contributed by atoms with van der Waals surface area (Å²) in [4.78, 5) is 49.5. The third kappa shape index (κ3) is 8.37. The van der Waals surface area contributed by atoms with Gasteiger partial charge in [0.2, 0.25) is 27.7 Å². The van der Waals surface area contributed by atoms with Gasteiger partial charge < -0.3 is 25.9 Å². The highest BCUT2D eigenvalue weighted by molar-refractivity contribution is 7.89. The molecule has 2 aromatic carbocycles. The molecule has 0 unspecified atom stereocenters. The van der Waals surface area contributed by atoms with Crippen molar-refractivity contribution in [2.24, 2.45) is 16.9 Å². The summed E-state index contributed by atoms with van der Waals surface area (Å²) < 4.78 is 29.9. The highest BCUT2D eigenvalue weighted by Crippen LogP contribution is 2.28. The maximum absolute atomic E-state index is 14.1. The first-order chi connectivity index (χ1) is 22.1. The fourth-order valence-corrected chi connectivity index (χ4v) is 6.89. The predicted molar refractivity (Wildman–Crippen MR) is 175 cm³/mol. The number of sulfonamides is 1. The predicted octanol–water partition coefficient (Wildman–Crippen LogP) is 1.66. The van der Waals surface area contributed by atoms with Crippen LogP contribution in [0.15, 0.2) is 77.0 Å². The lowest BCUT2D eigenvalue weighted by atomic mass is 9.98. The molecule has 1 aromatic heterocycles. The molecule has 4 N–H and O–H groups in total. The number of benzene rings is 2. The van der Waals surface area contributed by atoms with Crippen LogP contribution < -0.4 is 20.8 Å². The highest BCUT2D eigenvalue weighted by Gasteiger charge is 2.40. The second kappa shape index (κ2) is 14.7. The molecule has 0 radical (unpaired) electrons. The number of likely N-dealkylation sites (N-methyl/N-ethyl adjacent to an activating group) is 1. The monoisotopic (exact) mass is 648 g/mol. The van der Waals surface area contributed by atoms with Crippen LogP contribution in [0.1, 0.15) is 32.1 Å². The van der Waals surface area contributed by atoms with Gasteiger partial charge in [-0.3, -0.25) is 19.4 Å². The number of hydrazone groups is 1. The van der Waals surface area contributed by atoms with E-state index in [0.29, 0.717) is 31.6 Å². The number of pyridine rings is 1. The van der Waals surface area contributed by atoms with Crippen molar-refractivity contribution >= 4 is 50.5 Å². The van der Waals surface area contributed by atoms with E-state index in [1.54, 1.807) is 50.0 Å². The molecule has 13 nitrogen and oxygen atoms in total. The summed E-state index contributed by atoms with van der Waals surface area (Å²) in [6.45, 7) is 1.57. The van der Waals surface area contributed by atoms with Crippen LogP contribution in [0.25, 0.3) is 10.8 Å². The molecule has 1 aliphatic heterocycles. The number of rotatable bonds is 13. The van der Waals surface area contributed by atoms with Crippen molar-refractivity contribution in [3.63, 3.8) is 0 Å². The molecule has 1 saturated carbocycles. The van der Waals surface area contributed by atoms with E-state index in [2.05, 4.69) is 20.1 Å². The number of nitrogens with one attached hydrogen (secondary N) is 2. The van der Waals surface area contributed by atoms with E-state index in [0.717, 1.165) is 30.2 Å². The first-order valence-corrected chi connectivity index (χ1v) is 16.8. The Bertz CT molecular complexity index is 1680. The van der Waals surface area contributed by atoms with Crippen molar-refractivity contribution in [1.82, 2.24) is 24.8 Å². The molecule has 1 aliphatic carbocycles. The molecule has 2 fully saturated rings. The molecule has 2 aliphatic rings. The van der Waals surface area contributed by atoms with Crippen molar-refractivity contribution in [3.05, 3.63) is 67.0 Å². The van der Waals surface area contributed by atoms with Crippen LogP contribution in [0.4, 0.5) is 5.69 Å². The number of aromatic nitrogens is 1. The van der Waals surface area contributed by atoms with Gasteiger partial charge in [0, 0.05) is 38.9 Å². The molecule has 0 spiro atoms. The quantitative estimate of drug-likeness (QED) is 0.109. The van der Waals surface area contributed by atoms with E-state index in [9.17, 15) is 22.8 Å². The Morgan fingerprint density at radius 2 is 1.89 bits per heavy atom. The topological polar surface area (TPSA) is 170 Å². The molecule has 1 saturated heterocycles. The van der Waals surface area contributed by atoms with Crippen LogP contribution in [-0.2, 0) is 24.4 Å². The fraction of sp³-hybridized carbons (Fsp3) is 0.406. The number of fused-ring (bicyclic) bond motifs is 1. The van der Waals surface area contributed by atoms with E-state index in [1.807, 2.05) is 23.1 Å². The van der Waals surface area contributed by atoms with Crippen LogP contribution >= 0.6 is 0 Å². The van der Waals surface area contributed by atoms with Crippen LogP contribution in [-0.4, -0.2) is 92.6 Å². The van der Waals surface area contributed by atoms with Gasteiger partial charge in [-0.1, -0.05) is 30.3 Å². The second-order valence-electron chi connectivity index (χ2n) is 11.8. The Labute approximate surface area is 268 Å². The minimum absolute atomic E-state index is 0.0290. The summed E-state index contributed by atoms with van der Waals surface area (Å²) in [7, 11) is -2.64. The van der Waals surface area contributed by atoms with E-state index in [-0.39, 0.29) is 29.3 Å². The zero-order valence-corrected chi connectivity index (χ0v) is 26.6. The van der Waals surface area contributed by atoms with Gasteiger partial charge in [-0.25, -0.2) is 8.42 Å². The number of nitrogens with zero attached hydrogens (tertiary/aromatic N) is 5. The summed E-state index contributed by atoms with van der Waals surface area (Å²) >= 11 is 0. The number of likely N-dealkylation sites (tertiary alicyclic amines) is 1. The Hall–Kier alpha value is -4.56. The van der Waals surface area contributed by atoms with Gasteiger partial charge in [-0.15, -0.1) is 0 Å². The molecule has 2 heterocycles. The molecule has 14 heteroatoms. The lowest BCUT2D eigenvalue weighted by molar-refractivity contribution is -0.138. The van der Waals surface area contributed by atoms with Gasteiger partial charge >= 0.3 is 0 Å². The molecule has 244 valence electrons. The van der Waals surface area contributed by atoms with E-state index >= 15 is 0 Å². The maximum atomic E-state index is 14.1. The fourth-order valence-electron chi connectivity index (χ4n) is 5.67. The molecular weight excluding hydrogens is 608 g/mol. The molecule has 46 heavy (non-hydrogen) atoms. The number of anilines is 1. The Morgan fingerprint density at radius 1 is 1.11 bits per heavy atom. The maximum Gasteiger partial charge on any atom is 0.246 e. The van der Waals surface area contributed by atoms with Gasteiger partial charge in [0.25, 0.3) is 0 Å². The minimum Gasteiger partial charge on any atom is -0.361 e. The second-order valence-corrected chi connectivity index (χ2v) is 13.5. The largest absolute Gasteiger partial charge is 0.361 e. The summed E-state index contributed by atoms with van der Waals surface area (Å²) in [5.41, 5.74) is 0.558. The first-order valence-electron chi connectivity index (χ1n) is 15.4. The minimum atomic E-state index is -4.23. The summed E-state index contributed by atoms with van der Waals surface area (Å²) in [6, 6.07) is 13.8. The lowest BCUT2D eigenvalue weighted by Crippen LogP contribution is -2.53. The lowest BCUT2D eigenvalue weighted by Gasteiger charge is -2.31. The molecule has 3 aromatic rings. The van der Waals surface area contributed by atoms with Crippen molar-refractivity contribution in [2.45, 2.75) is 49.1 Å². The van der Waals surface area contributed by atoms with Crippen LogP contribution in [0, 0.1) is 5.92 Å². The number of piperidine rings is 1. The van der Waals surface area contributed by atoms with Gasteiger partial charge in [0.1, 0.15) is 18.9 Å². The SMILES string of the molecule is CN(C(=O)CN(C(=O)[C@H](CC(=O)NC[C@@H]1CCCN(C=NN)C1)NS(=O)(=O)c1ccc2ccccc2c1)C1CC1)c1cccnc1. The number of amides is 3. The van der Waals surface area contributed by atoms with Crippen LogP contribution in [0.3, 0.4) is 0 Å². The normalized spacial score (nSPS) is 17.5. The molecule has 2 atom stereocenters. The molecule has 3 amide bonds. The van der Waals surface area contributed by atoms with Crippen molar-refractivity contribution in [1.29, 1.82) is 0 Å². The number of nitrogens with two attached hydrogens (primary N) is 1. The third-order valence-corrected chi connectivity index (χ3v) is 9.84. The third-order valence-electron chi connectivity index (χ3n) is 8.37. The smallest absolute Gasteiger partial charge is 0.246 e. The Morgan fingerprint density at radius 3 is 2.61 bits per heavy atom. The molecular formula is C32H40N8O5S. The van der Waals surface area contributed by atoms with E-state index in [4.69, 9.17) is 5.84 Å². The van der Waals surface area contributed by atoms with E-state index in [1.165, 1.54) is 21.9 Å². The first kappa shape index (κ1) is 32.8. The zero-order chi connectivity index (χ0) is 32.7. The zero-order valence-electron chi connectivity index (χ0n) is 25.8. The number of carbonyl (C=O) groups is 3. The van der Waals surface area contributed by atoms with Gasteiger partial charge in [-0.2, -0.15) is 9.82 Å². The summed E-state index contributed by atoms with van der Waals surface area (Å²) in [5.74, 6) is 3.97. The van der Waals surface area contributed by atoms with Gasteiger partial charge in [0.15, 0.2) is 0 Å². The summed E-state index contributed by atoms with van der Waals surface area (Å²) in [6.07, 6.45) is 7.45. The number of hydrogen-bond acceptors (Lipinski definition) is 8. The van der Waals surface area contributed by atoms with Gasteiger partial charge in [-0.05, 0) is 66.6 Å².